The molecular weight excluding hydrogens is 1100 g/mol. The van der Waals surface area contributed by atoms with Crippen LogP contribution in [0, 0.1) is 176 Å². The van der Waals surface area contributed by atoms with Crippen molar-refractivity contribution in [3.63, 3.8) is 0 Å². The van der Waals surface area contributed by atoms with Gasteiger partial charge in [-0.05, 0) is 0 Å². The number of hydrogen-bond donors (Lipinski definition) is 5. The van der Waals surface area contributed by atoms with Gasteiger partial charge in [-0.15, -0.1) is 12.4 Å². The quantitative estimate of drug-likeness (QED) is 0.179. The van der Waals surface area contributed by atoms with E-state index in [4.69, 9.17) is 26.2 Å². The summed E-state index contributed by atoms with van der Waals surface area (Å²) in [6, 6.07) is -1.09. The number of aliphatic hydroxyl groups excluding tert-OH is 4. The minimum absolute atomic E-state index is 0. The summed E-state index contributed by atoms with van der Waals surface area (Å²) in [5.41, 5.74) is 5.18. The van der Waals surface area contributed by atoms with Gasteiger partial charge in [-0.1, -0.05) is 0 Å². The van der Waals surface area contributed by atoms with Crippen LogP contribution in [0.3, 0.4) is 0 Å². The van der Waals surface area contributed by atoms with Crippen LogP contribution in [0.2, 0.25) is 0 Å². The van der Waals surface area contributed by atoms with E-state index in [0.29, 0.717) is 0 Å². The largest absolute Gasteiger partial charge is 0.388 e. The second kappa shape index (κ2) is 17.2. The second-order valence-electron chi connectivity index (χ2n) is 2.48. The fourth-order valence-corrected chi connectivity index (χ4v) is 0.879. The Labute approximate surface area is 243 Å². The third kappa shape index (κ3) is 10.5. The monoisotopic (exact) mass is 1110 g/mol. The molecule has 16 heavy (non-hydrogen) atoms. The minimum atomic E-state index is -1.58. The van der Waals surface area contributed by atoms with Crippen LogP contribution >= 0.6 is 12.4 Å². The molecule has 0 aliphatic carbocycles. The standard InChI is InChI=1S/C5H11NO5.4Ac.ClH/c6-1-2(7)3(8)5(10)11-4(1)9;;;;;/h1-5,7-10H,6H2;;;;;1H/t1-,2-,3+,4-,5+;;;;;/m1...../s1. The summed E-state index contributed by atoms with van der Waals surface area (Å²) in [6.45, 7) is 0. The minimum Gasteiger partial charge on any atom is -0.388 e. The molecule has 0 spiro atoms. The number of nitrogens with two attached hydrogens (primary N) is 1. The summed E-state index contributed by atoms with van der Waals surface area (Å²) < 4.78 is 4.36. The Balaban J connectivity index is -0.0000000807. The van der Waals surface area contributed by atoms with Gasteiger partial charge in [0.2, 0.25) is 0 Å². The van der Waals surface area contributed by atoms with Crippen LogP contribution < -0.4 is 5.73 Å². The molecule has 6 nitrogen and oxygen atoms in total. The zero-order chi connectivity index (χ0) is 8.59. The van der Waals surface area contributed by atoms with Gasteiger partial charge in [-0.25, -0.2) is 0 Å². The van der Waals surface area contributed by atoms with Gasteiger partial charge in [-0.2, -0.15) is 0 Å². The Kier molecular flexibility index (Phi) is 35.9. The Bertz CT molecular complexity index is 147. The van der Waals surface area contributed by atoms with E-state index in [1.54, 1.807) is 0 Å². The van der Waals surface area contributed by atoms with Crippen molar-refractivity contribution >= 4 is 12.4 Å². The van der Waals surface area contributed by atoms with Crippen molar-refractivity contribution in [1.29, 1.82) is 0 Å². The maximum absolute atomic E-state index is 9.01. The summed E-state index contributed by atoms with van der Waals surface area (Å²) >= 11 is 0. The molecule has 0 amide bonds. The molecule has 0 bridgehead atoms. The first-order valence-corrected chi connectivity index (χ1v) is 3.17. The fourth-order valence-electron chi connectivity index (χ4n) is 0.879. The molecule has 1 saturated heterocycles. The SMILES string of the molecule is Cl.N[C@@H]1[C@@H](O)[C@H](O)[C@@H](O)O[C@H]1O.[Ac].[Ac].[Ac].[Ac]. The van der Waals surface area contributed by atoms with Crippen LogP contribution in [0.5, 0.6) is 0 Å². The predicted octanol–water partition coefficient (Wildman–Crippen LogP) is -2.88. The number of halogens is 1. The predicted molar refractivity (Wildman–Crippen MR) is 40.3 cm³/mol. The van der Waals surface area contributed by atoms with Crippen LogP contribution in [0.4, 0.5) is 0 Å². The molecule has 4 radical (unpaired) electrons. The van der Waals surface area contributed by atoms with Gasteiger partial charge in [0.1, 0.15) is 12.2 Å². The first-order chi connectivity index (χ1) is 5.04. The molecular formula is C5H12Ac4ClNO5. The summed E-state index contributed by atoms with van der Waals surface area (Å²) in [6.07, 6.45) is -5.86. The molecule has 11 heteroatoms. The van der Waals surface area contributed by atoms with Gasteiger partial charge in [0.25, 0.3) is 0 Å². The molecule has 0 aromatic carbocycles. The van der Waals surface area contributed by atoms with Crippen molar-refractivity contribution in [3.8, 4) is 0 Å². The van der Waals surface area contributed by atoms with E-state index < -0.39 is 30.8 Å². The molecule has 0 saturated carbocycles. The molecule has 1 heterocycles. The van der Waals surface area contributed by atoms with Crippen LogP contribution in [0.25, 0.3) is 0 Å². The summed E-state index contributed by atoms with van der Waals surface area (Å²) in [5.74, 6) is 0. The molecule has 1 rings (SSSR count). The van der Waals surface area contributed by atoms with Gasteiger partial charge in [0.05, 0.1) is 6.04 Å². The molecule has 1 aliphatic heterocycles. The van der Waals surface area contributed by atoms with Crippen LogP contribution in [0.15, 0.2) is 0 Å². The van der Waals surface area contributed by atoms with E-state index in [1.165, 1.54) is 0 Å². The van der Waals surface area contributed by atoms with Crippen molar-refractivity contribution in [3.05, 3.63) is 0 Å². The third-order valence-electron chi connectivity index (χ3n) is 1.64. The average Bonchev–Trinajstić information content (AvgIpc) is 1.97. The van der Waals surface area contributed by atoms with Gasteiger partial charge in [0, 0.05) is 176 Å². The summed E-state index contributed by atoms with van der Waals surface area (Å²) in [5, 5.41) is 35.6. The van der Waals surface area contributed by atoms with Crippen LogP contribution in [-0.4, -0.2) is 51.3 Å². The summed E-state index contributed by atoms with van der Waals surface area (Å²) in [7, 11) is 0. The normalized spacial score (nSPS) is 36.2. The van der Waals surface area contributed by atoms with E-state index in [0.717, 1.165) is 0 Å². The molecule has 0 aromatic rings. The van der Waals surface area contributed by atoms with Gasteiger partial charge >= 0.3 is 0 Å². The van der Waals surface area contributed by atoms with Crippen LogP contribution in [0.1, 0.15) is 0 Å². The Morgan fingerprint density at radius 1 is 0.750 bits per heavy atom. The molecule has 6 N–H and O–H groups in total. The van der Waals surface area contributed by atoms with E-state index >= 15 is 0 Å². The van der Waals surface area contributed by atoms with E-state index in [9.17, 15) is 0 Å². The molecule has 0 aromatic heterocycles. The Morgan fingerprint density at radius 3 is 1.50 bits per heavy atom. The second-order valence-corrected chi connectivity index (χ2v) is 2.48. The Hall–Kier alpha value is 5.82. The number of hydrogen-bond acceptors (Lipinski definition) is 6. The van der Waals surface area contributed by atoms with Crippen LogP contribution in [-0.2, 0) is 4.74 Å². The zero-order valence-corrected chi connectivity index (χ0v) is 28.2. The molecule has 1 aliphatic rings. The van der Waals surface area contributed by atoms with Crippen molar-refractivity contribution in [1.82, 2.24) is 0 Å². The van der Waals surface area contributed by atoms with Crippen molar-refractivity contribution in [2.75, 3.05) is 0 Å². The first-order valence-electron chi connectivity index (χ1n) is 3.17. The topological polar surface area (TPSA) is 116 Å². The Morgan fingerprint density at radius 2 is 1.12 bits per heavy atom. The van der Waals surface area contributed by atoms with Gasteiger partial charge in [0.15, 0.2) is 12.6 Å². The maximum atomic E-state index is 9.01. The molecule has 1 fully saturated rings. The van der Waals surface area contributed by atoms with Gasteiger partial charge < -0.3 is 30.9 Å². The molecule has 5 atom stereocenters. The zero-order valence-electron chi connectivity index (χ0n) is 8.38. The van der Waals surface area contributed by atoms with Gasteiger partial charge in [-0.3, -0.25) is 0 Å². The van der Waals surface area contributed by atoms with Crippen molar-refractivity contribution in [2.45, 2.75) is 30.8 Å². The first kappa shape index (κ1) is 33.4. The average molecular weight is 1110 g/mol. The fraction of sp³-hybridized carbons (Fsp3) is 1.00. The van der Waals surface area contributed by atoms with E-state index in [-0.39, 0.29) is 189 Å². The van der Waals surface area contributed by atoms with E-state index in [2.05, 4.69) is 4.74 Å². The molecule has 0 unspecified atom stereocenters. The van der Waals surface area contributed by atoms with Crippen molar-refractivity contribution in [2.24, 2.45) is 5.73 Å². The van der Waals surface area contributed by atoms with E-state index in [1.807, 2.05) is 0 Å². The summed E-state index contributed by atoms with van der Waals surface area (Å²) in [4.78, 5) is 0. The number of ether oxygens (including phenoxy) is 1. The smallest absolute Gasteiger partial charge is 0.186 e. The maximum Gasteiger partial charge on any atom is 0.186 e. The molecule has 86 valence electrons. The number of rotatable bonds is 0. The third-order valence-corrected chi connectivity index (χ3v) is 1.64. The van der Waals surface area contributed by atoms with Crippen molar-refractivity contribution < 1.29 is 201 Å². The number of aliphatic hydroxyl groups is 4.